The standard InChI is InChI=1S/C14H21N/c1-8-9(2)11(4)14-7-12(15)5-6-13(14)10(8)3/h12H,5-7,15H2,1-4H3. The van der Waals surface area contributed by atoms with Crippen LogP contribution in [0, 0.1) is 27.7 Å². The fourth-order valence-corrected chi connectivity index (χ4v) is 2.78. The van der Waals surface area contributed by atoms with Crippen LogP contribution >= 0.6 is 0 Å². The van der Waals surface area contributed by atoms with Gasteiger partial charge in [0.2, 0.25) is 0 Å². The fourth-order valence-electron chi connectivity index (χ4n) is 2.78. The molecule has 1 unspecified atom stereocenters. The highest BCUT2D eigenvalue weighted by atomic mass is 14.6. The molecular formula is C14H21N. The molecule has 82 valence electrons. The molecule has 1 aliphatic rings. The van der Waals surface area contributed by atoms with Crippen molar-refractivity contribution in [3.63, 3.8) is 0 Å². The third-order valence-electron chi connectivity index (χ3n) is 4.19. The van der Waals surface area contributed by atoms with Gasteiger partial charge in [0.05, 0.1) is 0 Å². The van der Waals surface area contributed by atoms with E-state index in [2.05, 4.69) is 27.7 Å². The largest absolute Gasteiger partial charge is 0.327 e. The van der Waals surface area contributed by atoms with Crippen molar-refractivity contribution in [1.29, 1.82) is 0 Å². The maximum atomic E-state index is 6.06. The fraction of sp³-hybridized carbons (Fsp3) is 0.571. The highest BCUT2D eigenvalue weighted by Crippen LogP contribution is 2.31. The Labute approximate surface area is 92.7 Å². The summed E-state index contributed by atoms with van der Waals surface area (Å²) in [5.41, 5.74) is 15.1. The Morgan fingerprint density at radius 2 is 1.40 bits per heavy atom. The van der Waals surface area contributed by atoms with Gasteiger partial charge in [-0.1, -0.05) is 0 Å². The average Bonchev–Trinajstić information content (AvgIpc) is 2.23. The summed E-state index contributed by atoms with van der Waals surface area (Å²) in [5, 5.41) is 0. The lowest BCUT2D eigenvalue weighted by Crippen LogP contribution is -2.29. The molecule has 0 heterocycles. The summed E-state index contributed by atoms with van der Waals surface area (Å²) >= 11 is 0. The second kappa shape index (κ2) is 3.64. The minimum absolute atomic E-state index is 0.373. The van der Waals surface area contributed by atoms with Crippen molar-refractivity contribution < 1.29 is 0 Å². The summed E-state index contributed by atoms with van der Waals surface area (Å²) in [6.45, 7) is 8.99. The molecule has 0 aromatic heterocycles. The Hall–Kier alpha value is -0.820. The van der Waals surface area contributed by atoms with Gasteiger partial charge in [-0.25, -0.2) is 0 Å². The molecule has 0 bridgehead atoms. The van der Waals surface area contributed by atoms with Gasteiger partial charge >= 0.3 is 0 Å². The average molecular weight is 203 g/mol. The topological polar surface area (TPSA) is 26.0 Å². The zero-order chi connectivity index (χ0) is 11.2. The molecule has 1 atom stereocenters. The summed E-state index contributed by atoms with van der Waals surface area (Å²) in [6.07, 6.45) is 3.39. The molecule has 0 radical (unpaired) electrons. The van der Waals surface area contributed by atoms with Crippen LogP contribution in [-0.2, 0) is 12.8 Å². The molecular weight excluding hydrogens is 182 g/mol. The Bertz CT molecular complexity index is 405. The number of hydrogen-bond donors (Lipinski definition) is 1. The molecule has 15 heavy (non-hydrogen) atoms. The second-order valence-electron chi connectivity index (χ2n) is 4.96. The molecule has 2 rings (SSSR count). The molecule has 1 aromatic rings. The maximum Gasteiger partial charge on any atom is 0.00826 e. The van der Waals surface area contributed by atoms with Gasteiger partial charge in [0.15, 0.2) is 0 Å². The lowest BCUT2D eigenvalue weighted by Gasteiger charge is -2.27. The zero-order valence-corrected chi connectivity index (χ0v) is 10.3. The predicted molar refractivity (Wildman–Crippen MR) is 65.4 cm³/mol. The zero-order valence-electron chi connectivity index (χ0n) is 10.3. The Kier molecular flexibility index (Phi) is 2.59. The number of hydrogen-bond acceptors (Lipinski definition) is 1. The molecule has 0 saturated carbocycles. The third-order valence-corrected chi connectivity index (χ3v) is 4.19. The highest BCUT2D eigenvalue weighted by molar-refractivity contribution is 5.51. The first kappa shape index (κ1) is 10.7. The van der Waals surface area contributed by atoms with E-state index < -0.39 is 0 Å². The van der Waals surface area contributed by atoms with Crippen molar-refractivity contribution in [2.75, 3.05) is 0 Å². The van der Waals surface area contributed by atoms with Crippen molar-refractivity contribution in [3.05, 3.63) is 33.4 Å². The Morgan fingerprint density at radius 1 is 0.867 bits per heavy atom. The van der Waals surface area contributed by atoms with Gasteiger partial charge in [0, 0.05) is 6.04 Å². The van der Waals surface area contributed by atoms with Gasteiger partial charge in [-0.3, -0.25) is 0 Å². The number of rotatable bonds is 0. The lowest BCUT2D eigenvalue weighted by atomic mass is 9.80. The van der Waals surface area contributed by atoms with Crippen molar-refractivity contribution in [3.8, 4) is 0 Å². The molecule has 0 amide bonds. The summed E-state index contributed by atoms with van der Waals surface area (Å²) in [4.78, 5) is 0. The van der Waals surface area contributed by atoms with Crippen LogP contribution in [0.5, 0.6) is 0 Å². The van der Waals surface area contributed by atoms with Gasteiger partial charge < -0.3 is 5.73 Å². The molecule has 0 spiro atoms. The quantitative estimate of drug-likeness (QED) is 0.689. The van der Waals surface area contributed by atoms with E-state index in [1.54, 1.807) is 5.56 Å². The van der Waals surface area contributed by atoms with Gasteiger partial charge in [0.25, 0.3) is 0 Å². The predicted octanol–water partition coefficient (Wildman–Crippen LogP) is 2.74. The molecule has 1 aromatic carbocycles. The van der Waals surface area contributed by atoms with Crippen molar-refractivity contribution in [2.45, 2.75) is 53.0 Å². The normalized spacial score (nSPS) is 20.2. The smallest absolute Gasteiger partial charge is 0.00826 e. The monoisotopic (exact) mass is 203 g/mol. The molecule has 0 saturated heterocycles. The second-order valence-corrected chi connectivity index (χ2v) is 4.96. The van der Waals surface area contributed by atoms with E-state index in [9.17, 15) is 0 Å². The van der Waals surface area contributed by atoms with Crippen LogP contribution in [-0.4, -0.2) is 6.04 Å². The van der Waals surface area contributed by atoms with Crippen LogP contribution in [0.4, 0.5) is 0 Å². The number of fused-ring (bicyclic) bond motifs is 1. The van der Waals surface area contributed by atoms with Gasteiger partial charge in [-0.15, -0.1) is 0 Å². The Morgan fingerprint density at radius 3 is 2.00 bits per heavy atom. The first-order chi connectivity index (χ1) is 7.02. The van der Waals surface area contributed by atoms with Crippen LogP contribution in [0.15, 0.2) is 0 Å². The summed E-state index contributed by atoms with van der Waals surface area (Å²) in [7, 11) is 0. The van der Waals surface area contributed by atoms with Gasteiger partial charge in [-0.05, 0) is 80.3 Å². The Balaban J connectivity index is 2.65. The first-order valence-electron chi connectivity index (χ1n) is 5.86. The third kappa shape index (κ3) is 1.59. The van der Waals surface area contributed by atoms with Crippen LogP contribution in [0.25, 0.3) is 0 Å². The van der Waals surface area contributed by atoms with E-state index in [0.717, 1.165) is 12.8 Å². The van der Waals surface area contributed by atoms with Gasteiger partial charge in [0.1, 0.15) is 0 Å². The minimum Gasteiger partial charge on any atom is -0.327 e. The van der Waals surface area contributed by atoms with Crippen molar-refractivity contribution in [2.24, 2.45) is 5.73 Å². The van der Waals surface area contributed by atoms with Crippen LogP contribution in [0.3, 0.4) is 0 Å². The van der Waals surface area contributed by atoms with E-state index in [4.69, 9.17) is 5.73 Å². The summed E-state index contributed by atoms with van der Waals surface area (Å²) in [5.74, 6) is 0. The van der Waals surface area contributed by atoms with E-state index >= 15 is 0 Å². The molecule has 1 nitrogen and oxygen atoms in total. The van der Waals surface area contributed by atoms with E-state index in [1.807, 2.05) is 0 Å². The highest BCUT2D eigenvalue weighted by Gasteiger charge is 2.21. The van der Waals surface area contributed by atoms with E-state index in [0.29, 0.717) is 6.04 Å². The van der Waals surface area contributed by atoms with E-state index in [1.165, 1.54) is 34.2 Å². The molecule has 0 aliphatic heterocycles. The summed E-state index contributed by atoms with van der Waals surface area (Å²) in [6, 6.07) is 0.373. The molecule has 1 aliphatic carbocycles. The van der Waals surface area contributed by atoms with Crippen LogP contribution in [0.2, 0.25) is 0 Å². The summed E-state index contributed by atoms with van der Waals surface area (Å²) < 4.78 is 0. The van der Waals surface area contributed by atoms with Crippen LogP contribution in [0.1, 0.15) is 39.8 Å². The van der Waals surface area contributed by atoms with Crippen molar-refractivity contribution >= 4 is 0 Å². The SMILES string of the molecule is Cc1c(C)c(C)c2c(c1C)CCC(N)C2. The number of nitrogens with two attached hydrogens (primary N) is 1. The van der Waals surface area contributed by atoms with Crippen LogP contribution < -0.4 is 5.73 Å². The maximum absolute atomic E-state index is 6.06. The first-order valence-corrected chi connectivity index (χ1v) is 5.86. The van der Waals surface area contributed by atoms with E-state index in [-0.39, 0.29) is 0 Å². The molecule has 2 N–H and O–H groups in total. The minimum atomic E-state index is 0.373. The van der Waals surface area contributed by atoms with Crippen molar-refractivity contribution in [1.82, 2.24) is 0 Å². The molecule has 0 fully saturated rings. The van der Waals surface area contributed by atoms with Gasteiger partial charge in [-0.2, -0.15) is 0 Å². The number of benzene rings is 1. The molecule has 1 heteroatoms. The lowest BCUT2D eigenvalue weighted by molar-refractivity contribution is 0.571.